The van der Waals surface area contributed by atoms with Gasteiger partial charge in [0.2, 0.25) is 17.7 Å². The van der Waals surface area contributed by atoms with E-state index in [0.717, 1.165) is 59.2 Å². The van der Waals surface area contributed by atoms with Crippen LogP contribution in [0.15, 0.2) is 40.8 Å². The van der Waals surface area contributed by atoms with Gasteiger partial charge in [0.05, 0.1) is 5.41 Å². The van der Waals surface area contributed by atoms with Crippen molar-refractivity contribution >= 4 is 11.6 Å². The maximum Gasteiger partial charge on any atom is 0.247 e. The first-order valence-corrected chi connectivity index (χ1v) is 9.44. The van der Waals surface area contributed by atoms with Crippen molar-refractivity contribution in [2.45, 2.75) is 44.9 Å². The van der Waals surface area contributed by atoms with Crippen LogP contribution in [0.25, 0.3) is 22.6 Å². The number of hydrogen-bond acceptors (Lipinski definition) is 4. The predicted octanol–water partition coefficient (Wildman–Crippen LogP) is 4.78. The third kappa shape index (κ3) is 2.41. The molecule has 1 aliphatic heterocycles. The highest BCUT2D eigenvalue weighted by molar-refractivity contribution is 6.07. The van der Waals surface area contributed by atoms with E-state index in [2.05, 4.69) is 52.8 Å². The summed E-state index contributed by atoms with van der Waals surface area (Å²) in [5, 5.41) is 11.2. The Labute approximate surface area is 157 Å². The van der Waals surface area contributed by atoms with E-state index in [1.54, 1.807) is 6.92 Å². The Bertz CT molecular complexity index is 1060. The summed E-state index contributed by atoms with van der Waals surface area (Å²) < 4.78 is 5.57. The van der Waals surface area contributed by atoms with Crippen LogP contribution in [0.2, 0.25) is 0 Å². The molecule has 1 amide bonds. The summed E-state index contributed by atoms with van der Waals surface area (Å²) in [5.74, 6) is 1.24. The number of benzene rings is 2. The zero-order chi connectivity index (χ0) is 18.6. The van der Waals surface area contributed by atoms with E-state index in [4.69, 9.17) is 4.42 Å². The van der Waals surface area contributed by atoms with Crippen molar-refractivity contribution in [3.8, 4) is 22.6 Å². The number of fused-ring (bicyclic) bond motifs is 2. The first kappa shape index (κ1) is 16.2. The second-order valence-corrected chi connectivity index (χ2v) is 7.66. The molecular formula is C22H21N3O2. The van der Waals surface area contributed by atoms with Crippen LogP contribution in [-0.4, -0.2) is 16.1 Å². The molecule has 27 heavy (non-hydrogen) atoms. The van der Waals surface area contributed by atoms with Gasteiger partial charge < -0.3 is 9.73 Å². The highest BCUT2D eigenvalue weighted by Gasteiger charge is 2.48. The maximum absolute atomic E-state index is 12.7. The zero-order valence-electron chi connectivity index (χ0n) is 15.5. The third-order valence-electron chi connectivity index (χ3n) is 6.00. The van der Waals surface area contributed by atoms with Gasteiger partial charge in [0, 0.05) is 18.2 Å². The van der Waals surface area contributed by atoms with E-state index < -0.39 is 0 Å². The molecule has 1 saturated carbocycles. The number of nitrogens with one attached hydrogen (secondary N) is 1. The average Bonchev–Trinajstić information content (AvgIpc) is 3.37. The number of aromatic nitrogens is 2. The van der Waals surface area contributed by atoms with Crippen LogP contribution in [0.4, 0.5) is 5.69 Å². The van der Waals surface area contributed by atoms with Gasteiger partial charge in [0.25, 0.3) is 0 Å². The number of anilines is 1. The van der Waals surface area contributed by atoms with Crippen LogP contribution < -0.4 is 5.32 Å². The van der Waals surface area contributed by atoms with E-state index in [-0.39, 0.29) is 11.3 Å². The number of rotatable bonds is 2. The van der Waals surface area contributed by atoms with E-state index >= 15 is 0 Å². The maximum atomic E-state index is 12.7. The molecule has 136 valence electrons. The van der Waals surface area contributed by atoms with Crippen LogP contribution in [0.1, 0.15) is 42.7 Å². The van der Waals surface area contributed by atoms with Crippen molar-refractivity contribution in [1.29, 1.82) is 0 Å². The minimum Gasteiger partial charge on any atom is -0.421 e. The van der Waals surface area contributed by atoms with Crippen molar-refractivity contribution in [1.82, 2.24) is 10.2 Å². The predicted molar refractivity (Wildman–Crippen MR) is 103 cm³/mol. The lowest BCUT2D eigenvalue weighted by atomic mass is 9.79. The van der Waals surface area contributed by atoms with Crippen LogP contribution in [0, 0.1) is 13.8 Å². The van der Waals surface area contributed by atoms with Crippen molar-refractivity contribution < 1.29 is 9.21 Å². The third-order valence-corrected chi connectivity index (χ3v) is 6.00. The number of amides is 1. The zero-order valence-corrected chi connectivity index (χ0v) is 15.5. The molecule has 0 saturated heterocycles. The molecule has 5 nitrogen and oxygen atoms in total. The molecule has 0 bridgehead atoms. The van der Waals surface area contributed by atoms with Gasteiger partial charge in [-0.1, -0.05) is 31.0 Å². The average molecular weight is 359 g/mol. The fourth-order valence-electron chi connectivity index (χ4n) is 4.55. The Morgan fingerprint density at radius 3 is 2.52 bits per heavy atom. The van der Waals surface area contributed by atoms with Gasteiger partial charge in [-0.2, -0.15) is 0 Å². The molecule has 1 aliphatic carbocycles. The van der Waals surface area contributed by atoms with E-state index in [0.29, 0.717) is 11.8 Å². The second kappa shape index (κ2) is 5.78. The lowest BCUT2D eigenvalue weighted by Gasteiger charge is -2.20. The number of hydrogen-bond donors (Lipinski definition) is 1. The van der Waals surface area contributed by atoms with Gasteiger partial charge in [-0.15, -0.1) is 10.2 Å². The van der Waals surface area contributed by atoms with Crippen LogP contribution in [0.5, 0.6) is 0 Å². The van der Waals surface area contributed by atoms with Gasteiger partial charge in [-0.05, 0) is 60.2 Å². The number of carbonyl (C=O) groups is 1. The highest BCUT2D eigenvalue weighted by atomic mass is 16.4. The lowest BCUT2D eigenvalue weighted by molar-refractivity contribution is -0.120. The Kier molecular flexibility index (Phi) is 3.47. The molecule has 0 unspecified atom stereocenters. The molecule has 3 aromatic rings. The second-order valence-electron chi connectivity index (χ2n) is 7.66. The van der Waals surface area contributed by atoms with Crippen LogP contribution >= 0.6 is 0 Å². The van der Waals surface area contributed by atoms with Gasteiger partial charge in [0.1, 0.15) is 0 Å². The summed E-state index contributed by atoms with van der Waals surface area (Å²) >= 11 is 0. The first-order chi connectivity index (χ1) is 13.1. The Balaban J connectivity index is 1.59. The standard InChI is InChI=1S/C22H21N3O2/c1-13-5-6-16(20-25-24-14(2)27-20)11-17(13)15-7-8-18-19(12-15)23-21(26)22(18)9-3-4-10-22/h5-8,11-12H,3-4,9-10H2,1-2H3,(H,23,26). The first-order valence-electron chi connectivity index (χ1n) is 9.44. The van der Waals surface area contributed by atoms with Gasteiger partial charge >= 0.3 is 0 Å². The number of nitrogens with zero attached hydrogens (tertiary/aromatic N) is 2. The van der Waals surface area contributed by atoms with Gasteiger partial charge in [-0.3, -0.25) is 4.79 Å². The molecular weight excluding hydrogens is 338 g/mol. The molecule has 1 fully saturated rings. The normalized spacial score (nSPS) is 17.3. The lowest BCUT2D eigenvalue weighted by Crippen LogP contribution is -2.30. The Morgan fingerprint density at radius 1 is 1.00 bits per heavy atom. The highest BCUT2D eigenvalue weighted by Crippen LogP contribution is 2.49. The summed E-state index contributed by atoms with van der Waals surface area (Å²) in [6.07, 6.45) is 4.16. The monoisotopic (exact) mass is 359 g/mol. The number of aryl methyl sites for hydroxylation is 2. The summed E-state index contributed by atoms with van der Waals surface area (Å²) in [5.41, 5.74) is 6.06. The van der Waals surface area contributed by atoms with Crippen LogP contribution in [-0.2, 0) is 10.2 Å². The largest absolute Gasteiger partial charge is 0.421 e. The van der Waals surface area contributed by atoms with Gasteiger partial charge in [-0.25, -0.2) is 0 Å². The molecule has 5 rings (SSSR count). The molecule has 0 atom stereocenters. The van der Waals surface area contributed by atoms with E-state index in [1.165, 1.54) is 0 Å². The summed E-state index contributed by atoms with van der Waals surface area (Å²) in [4.78, 5) is 12.7. The summed E-state index contributed by atoms with van der Waals surface area (Å²) in [7, 11) is 0. The van der Waals surface area contributed by atoms with Crippen molar-refractivity contribution in [3.63, 3.8) is 0 Å². The minimum atomic E-state index is -0.300. The molecule has 5 heteroatoms. The Morgan fingerprint density at radius 2 is 1.78 bits per heavy atom. The van der Waals surface area contributed by atoms with Crippen molar-refractivity contribution in [3.05, 3.63) is 53.4 Å². The number of carbonyl (C=O) groups excluding carboxylic acids is 1. The fraction of sp³-hybridized carbons (Fsp3) is 0.318. The molecule has 2 aromatic carbocycles. The van der Waals surface area contributed by atoms with Crippen LogP contribution in [0.3, 0.4) is 0 Å². The minimum absolute atomic E-state index is 0.166. The SMILES string of the molecule is Cc1nnc(-c2ccc(C)c(-c3ccc4c(c3)NC(=O)C43CCCC3)c2)o1. The Hall–Kier alpha value is -2.95. The topological polar surface area (TPSA) is 68.0 Å². The summed E-state index contributed by atoms with van der Waals surface area (Å²) in [6.45, 7) is 3.87. The smallest absolute Gasteiger partial charge is 0.247 e. The quantitative estimate of drug-likeness (QED) is 0.715. The van der Waals surface area contributed by atoms with E-state index in [1.807, 2.05) is 6.07 Å². The molecule has 2 aliphatic rings. The molecule has 2 heterocycles. The summed E-state index contributed by atoms with van der Waals surface area (Å²) in [6, 6.07) is 12.5. The fourth-order valence-corrected chi connectivity index (χ4v) is 4.55. The van der Waals surface area contributed by atoms with Gasteiger partial charge in [0.15, 0.2) is 0 Å². The van der Waals surface area contributed by atoms with E-state index in [9.17, 15) is 4.79 Å². The molecule has 1 N–H and O–H groups in total. The van der Waals surface area contributed by atoms with Crippen molar-refractivity contribution in [2.24, 2.45) is 0 Å². The molecule has 1 spiro atoms. The van der Waals surface area contributed by atoms with Crippen molar-refractivity contribution in [2.75, 3.05) is 5.32 Å². The molecule has 0 radical (unpaired) electrons. The molecule has 1 aromatic heterocycles.